The third-order valence-electron chi connectivity index (χ3n) is 4.32. The number of benzene rings is 2. The van der Waals surface area contributed by atoms with Crippen molar-refractivity contribution >= 4 is 11.7 Å². The predicted molar refractivity (Wildman–Crippen MR) is 108 cm³/mol. The van der Waals surface area contributed by atoms with Gasteiger partial charge in [-0.15, -0.1) is 0 Å². The lowest BCUT2D eigenvalue weighted by molar-refractivity contribution is 0.0779. The number of aromatic nitrogens is 2. The third-order valence-corrected chi connectivity index (χ3v) is 4.32. The Morgan fingerprint density at radius 2 is 1.79 bits per heavy atom. The van der Waals surface area contributed by atoms with Crippen molar-refractivity contribution in [2.45, 2.75) is 19.9 Å². The first-order valence-corrected chi connectivity index (χ1v) is 9.15. The van der Waals surface area contributed by atoms with Crippen molar-refractivity contribution in [2.75, 3.05) is 18.9 Å². The van der Waals surface area contributed by atoms with E-state index in [1.165, 1.54) is 6.07 Å². The average Bonchev–Trinajstić information content (AvgIpc) is 2.69. The molecule has 0 aliphatic carbocycles. The Morgan fingerprint density at radius 3 is 2.54 bits per heavy atom. The van der Waals surface area contributed by atoms with Crippen LogP contribution >= 0.6 is 0 Å². The van der Waals surface area contributed by atoms with E-state index in [-0.39, 0.29) is 11.7 Å². The van der Waals surface area contributed by atoms with E-state index in [0.717, 1.165) is 5.56 Å². The van der Waals surface area contributed by atoms with Gasteiger partial charge in [0.25, 0.3) is 5.91 Å². The lowest BCUT2D eigenvalue weighted by Crippen LogP contribution is -2.27. The van der Waals surface area contributed by atoms with Gasteiger partial charge in [0.15, 0.2) is 0 Å². The van der Waals surface area contributed by atoms with Gasteiger partial charge in [-0.2, -0.15) is 0 Å². The molecule has 3 aromatic rings. The number of nitrogens with zero attached hydrogens (tertiary/aromatic N) is 3. The number of hydrogen-bond acceptors (Lipinski definition) is 4. The molecule has 144 valence electrons. The van der Waals surface area contributed by atoms with Crippen molar-refractivity contribution in [2.24, 2.45) is 0 Å². The molecule has 1 heterocycles. The number of amides is 1. The van der Waals surface area contributed by atoms with Crippen LogP contribution in [0.15, 0.2) is 60.7 Å². The minimum Gasteiger partial charge on any atom is -0.370 e. The Hall–Kier alpha value is -3.28. The van der Waals surface area contributed by atoms with E-state index >= 15 is 0 Å². The van der Waals surface area contributed by atoms with Crippen LogP contribution in [0.4, 0.5) is 10.2 Å². The van der Waals surface area contributed by atoms with Gasteiger partial charge in [-0.05, 0) is 30.5 Å². The lowest BCUT2D eigenvalue weighted by atomic mass is 10.1. The Labute approximate surface area is 164 Å². The fourth-order valence-electron chi connectivity index (χ4n) is 2.92. The number of rotatable bonds is 7. The molecule has 0 spiro atoms. The molecule has 0 unspecified atom stereocenters. The van der Waals surface area contributed by atoms with Crippen LogP contribution in [0.2, 0.25) is 0 Å². The summed E-state index contributed by atoms with van der Waals surface area (Å²) in [5.74, 6) is 0.667. The molecule has 1 N–H and O–H groups in total. The molecular weight excluding hydrogens is 355 g/mol. The molecule has 0 saturated carbocycles. The summed E-state index contributed by atoms with van der Waals surface area (Å²) >= 11 is 0. The van der Waals surface area contributed by atoms with Gasteiger partial charge in [0.2, 0.25) is 0 Å². The highest BCUT2D eigenvalue weighted by atomic mass is 19.1. The summed E-state index contributed by atoms with van der Waals surface area (Å²) in [5, 5.41) is 3.16. The molecular formula is C22H23FN4O. The molecule has 2 aromatic carbocycles. The standard InChI is InChI=1S/C22H23FN4O/c1-16-25-20(22(28)27(2)15-17-8-4-3-5-9-17)14-21(26-16)24-13-12-18-10-6-7-11-19(18)23/h3-11,14H,12-13,15H2,1-2H3,(H,24,25,26). The predicted octanol–water partition coefficient (Wildman–Crippen LogP) is 3.85. The average molecular weight is 378 g/mol. The van der Waals surface area contributed by atoms with E-state index in [2.05, 4.69) is 15.3 Å². The highest BCUT2D eigenvalue weighted by Gasteiger charge is 2.15. The Bertz CT molecular complexity index is 946. The zero-order valence-electron chi connectivity index (χ0n) is 16.0. The summed E-state index contributed by atoms with van der Waals surface area (Å²) in [6, 6.07) is 18.1. The normalized spacial score (nSPS) is 10.5. The third kappa shape index (κ3) is 5.13. The van der Waals surface area contributed by atoms with Crippen LogP contribution < -0.4 is 5.32 Å². The monoisotopic (exact) mass is 378 g/mol. The van der Waals surface area contributed by atoms with Crippen LogP contribution in [0.1, 0.15) is 27.4 Å². The van der Waals surface area contributed by atoms with E-state index in [4.69, 9.17) is 0 Å². The van der Waals surface area contributed by atoms with Gasteiger partial charge in [-0.25, -0.2) is 14.4 Å². The second-order valence-electron chi connectivity index (χ2n) is 6.60. The quantitative estimate of drug-likeness (QED) is 0.678. The highest BCUT2D eigenvalue weighted by molar-refractivity contribution is 5.92. The number of carbonyl (C=O) groups excluding carboxylic acids is 1. The molecule has 5 nitrogen and oxygen atoms in total. The van der Waals surface area contributed by atoms with Gasteiger partial charge in [-0.3, -0.25) is 4.79 Å². The molecule has 3 rings (SSSR count). The summed E-state index contributed by atoms with van der Waals surface area (Å²) in [5.41, 5.74) is 2.02. The van der Waals surface area contributed by atoms with Crippen molar-refractivity contribution in [3.8, 4) is 0 Å². The topological polar surface area (TPSA) is 58.1 Å². The number of hydrogen-bond donors (Lipinski definition) is 1. The van der Waals surface area contributed by atoms with Gasteiger partial charge in [0.1, 0.15) is 23.2 Å². The molecule has 0 bridgehead atoms. The number of aryl methyl sites for hydroxylation is 1. The van der Waals surface area contributed by atoms with Crippen LogP contribution in [0.25, 0.3) is 0 Å². The van der Waals surface area contributed by atoms with E-state index in [9.17, 15) is 9.18 Å². The first-order chi connectivity index (χ1) is 13.5. The molecule has 6 heteroatoms. The van der Waals surface area contributed by atoms with Crippen LogP contribution in [-0.4, -0.2) is 34.4 Å². The first-order valence-electron chi connectivity index (χ1n) is 9.15. The number of halogens is 1. The van der Waals surface area contributed by atoms with Crippen LogP contribution in [-0.2, 0) is 13.0 Å². The zero-order chi connectivity index (χ0) is 19.9. The molecule has 28 heavy (non-hydrogen) atoms. The highest BCUT2D eigenvalue weighted by Crippen LogP contribution is 2.12. The van der Waals surface area contributed by atoms with Crippen LogP contribution in [0.3, 0.4) is 0 Å². The van der Waals surface area contributed by atoms with Gasteiger partial charge in [0, 0.05) is 26.2 Å². The number of carbonyl (C=O) groups is 1. The fourth-order valence-corrected chi connectivity index (χ4v) is 2.92. The van der Waals surface area contributed by atoms with Crippen molar-refractivity contribution in [1.29, 1.82) is 0 Å². The van der Waals surface area contributed by atoms with Gasteiger partial charge < -0.3 is 10.2 Å². The van der Waals surface area contributed by atoms with Crippen molar-refractivity contribution < 1.29 is 9.18 Å². The minimum absolute atomic E-state index is 0.175. The second kappa shape index (κ2) is 9.08. The molecule has 0 atom stereocenters. The van der Waals surface area contributed by atoms with E-state index in [1.54, 1.807) is 37.1 Å². The SMILES string of the molecule is Cc1nc(NCCc2ccccc2F)cc(C(=O)N(C)Cc2ccccc2)n1. The largest absolute Gasteiger partial charge is 0.370 e. The fraction of sp³-hybridized carbons (Fsp3) is 0.227. The molecule has 1 aromatic heterocycles. The van der Waals surface area contributed by atoms with Gasteiger partial charge in [-0.1, -0.05) is 48.5 Å². The summed E-state index contributed by atoms with van der Waals surface area (Å²) < 4.78 is 13.7. The second-order valence-corrected chi connectivity index (χ2v) is 6.60. The molecule has 0 radical (unpaired) electrons. The Morgan fingerprint density at radius 1 is 1.07 bits per heavy atom. The summed E-state index contributed by atoms with van der Waals surface area (Å²) in [7, 11) is 1.75. The number of anilines is 1. The molecule has 0 saturated heterocycles. The van der Waals surface area contributed by atoms with Crippen LogP contribution in [0, 0.1) is 12.7 Å². The summed E-state index contributed by atoms with van der Waals surface area (Å²) in [4.78, 5) is 23.0. The Kier molecular flexibility index (Phi) is 6.32. The zero-order valence-corrected chi connectivity index (χ0v) is 16.0. The molecule has 0 aliphatic heterocycles. The van der Waals surface area contributed by atoms with Gasteiger partial charge in [0.05, 0.1) is 0 Å². The molecule has 1 amide bonds. The van der Waals surface area contributed by atoms with E-state index in [1.807, 2.05) is 36.4 Å². The molecule has 0 aliphatic rings. The maximum Gasteiger partial charge on any atom is 0.272 e. The smallest absolute Gasteiger partial charge is 0.272 e. The Balaban J connectivity index is 1.65. The number of nitrogens with one attached hydrogen (secondary N) is 1. The first kappa shape index (κ1) is 19.5. The minimum atomic E-state index is -0.221. The maximum atomic E-state index is 13.7. The lowest BCUT2D eigenvalue weighted by Gasteiger charge is -2.17. The van der Waals surface area contributed by atoms with Crippen LogP contribution in [0.5, 0.6) is 0 Å². The van der Waals surface area contributed by atoms with Crippen molar-refractivity contribution in [3.05, 3.63) is 89.1 Å². The van der Waals surface area contributed by atoms with E-state index < -0.39 is 0 Å². The summed E-state index contributed by atoms with van der Waals surface area (Å²) in [6.07, 6.45) is 0.521. The van der Waals surface area contributed by atoms with Gasteiger partial charge >= 0.3 is 0 Å². The summed E-state index contributed by atoms with van der Waals surface area (Å²) in [6.45, 7) is 2.75. The molecule has 0 fully saturated rings. The maximum absolute atomic E-state index is 13.7. The van der Waals surface area contributed by atoms with Crippen molar-refractivity contribution in [3.63, 3.8) is 0 Å². The van der Waals surface area contributed by atoms with E-state index in [0.29, 0.717) is 42.4 Å². The van der Waals surface area contributed by atoms with Crippen molar-refractivity contribution in [1.82, 2.24) is 14.9 Å².